The number of amides is 1. The van der Waals surface area contributed by atoms with Gasteiger partial charge in [0.1, 0.15) is 6.61 Å². The van der Waals surface area contributed by atoms with Gasteiger partial charge < -0.3 is 10.1 Å². The molecule has 1 aliphatic heterocycles. The highest BCUT2D eigenvalue weighted by Crippen LogP contribution is 2.62. The van der Waals surface area contributed by atoms with E-state index in [1.54, 1.807) is 0 Å². The Balaban J connectivity index is 2.01. The lowest BCUT2D eigenvalue weighted by Gasteiger charge is -2.17. The molecule has 0 aromatic carbocycles. The summed E-state index contributed by atoms with van der Waals surface area (Å²) in [5.74, 6) is 0.585. The Kier molecular flexibility index (Phi) is 1.62. The molecule has 4 heteroatoms. The minimum absolute atomic E-state index is 0.0256. The standard InChI is InChI=1S/C9H13NO3/c1-9(2)6-5(3-13-4-11)10-8(12)7(6)9/h4-7H,3H2,1-2H3,(H,10,12). The third-order valence-corrected chi connectivity index (χ3v) is 3.30. The van der Waals surface area contributed by atoms with E-state index in [-0.39, 0.29) is 23.3 Å². The monoisotopic (exact) mass is 183 g/mol. The van der Waals surface area contributed by atoms with Crippen LogP contribution in [0.1, 0.15) is 13.8 Å². The van der Waals surface area contributed by atoms with Gasteiger partial charge in [-0.05, 0) is 5.41 Å². The SMILES string of the molecule is CC1(C)C2C(=O)NC(COC=O)C21. The minimum Gasteiger partial charge on any atom is -0.466 e. The first kappa shape index (κ1) is 8.53. The average molecular weight is 183 g/mol. The molecule has 2 fully saturated rings. The molecule has 0 aromatic rings. The molecular weight excluding hydrogens is 170 g/mol. The van der Waals surface area contributed by atoms with Crippen molar-refractivity contribution in [3.8, 4) is 0 Å². The van der Waals surface area contributed by atoms with E-state index in [2.05, 4.69) is 23.9 Å². The molecular formula is C9H13NO3. The second-order valence-corrected chi connectivity index (χ2v) is 4.37. The van der Waals surface area contributed by atoms with Gasteiger partial charge in [-0.3, -0.25) is 9.59 Å². The van der Waals surface area contributed by atoms with Crippen LogP contribution in [-0.4, -0.2) is 25.0 Å². The van der Waals surface area contributed by atoms with E-state index >= 15 is 0 Å². The predicted octanol–water partition coefficient (Wildman–Crippen LogP) is -0.0700. The summed E-state index contributed by atoms with van der Waals surface area (Å²) in [6.45, 7) is 4.89. The zero-order valence-electron chi connectivity index (χ0n) is 7.74. The molecule has 13 heavy (non-hydrogen) atoms. The number of hydrogen-bond donors (Lipinski definition) is 1. The first-order valence-electron chi connectivity index (χ1n) is 4.44. The Morgan fingerprint density at radius 3 is 2.77 bits per heavy atom. The first-order valence-corrected chi connectivity index (χ1v) is 4.44. The van der Waals surface area contributed by atoms with E-state index in [1.807, 2.05) is 0 Å². The highest BCUT2D eigenvalue weighted by Gasteiger charge is 2.69. The van der Waals surface area contributed by atoms with Crippen molar-refractivity contribution in [1.82, 2.24) is 5.32 Å². The predicted molar refractivity (Wildman–Crippen MR) is 44.7 cm³/mol. The van der Waals surface area contributed by atoms with Crippen LogP contribution in [0.4, 0.5) is 0 Å². The van der Waals surface area contributed by atoms with E-state index in [0.717, 1.165) is 0 Å². The topological polar surface area (TPSA) is 55.4 Å². The second-order valence-electron chi connectivity index (χ2n) is 4.37. The summed E-state index contributed by atoms with van der Waals surface area (Å²) in [4.78, 5) is 21.3. The number of hydrogen-bond acceptors (Lipinski definition) is 3. The van der Waals surface area contributed by atoms with Gasteiger partial charge in [0.25, 0.3) is 6.47 Å². The third kappa shape index (κ3) is 1.04. The Morgan fingerprint density at radius 1 is 1.62 bits per heavy atom. The zero-order chi connectivity index (χ0) is 9.64. The number of carbonyl (C=O) groups is 2. The summed E-state index contributed by atoms with van der Waals surface area (Å²) >= 11 is 0. The number of carbonyl (C=O) groups excluding carboxylic acids is 2. The van der Waals surface area contributed by atoms with Crippen molar-refractivity contribution in [2.45, 2.75) is 19.9 Å². The maximum atomic E-state index is 11.3. The van der Waals surface area contributed by atoms with Gasteiger partial charge in [-0.2, -0.15) is 0 Å². The molecule has 1 N–H and O–H groups in total. The number of rotatable bonds is 3. The lowest BCUT2D eigenvalue weighted by molar-refractivity contribution is -0.130. The fourth-order valence-corrected chi connectivity index (χ4v) is 2.58. The van der Waals surface area contributed by atoms with Gasteiger partial charge in [0.05, 0.1) is 6.04 Å². The average Bonchev–Trinajstić information content (AvgIpc) is 2.47. The van der Waals surface area contributed by atoms with E-state index in [1.165, 1.54) is 0 Å². The number of nitrogens with one attached hydrogen (secondary N) is 1. The minimum atomic E-state index is 0.0256. The molecule has 2 rings (SSSR count). The van der Waals surface area contributed by atoms with Gasteiger partial charge in [0, 0.05) is 11.8 Å². The maximum absolute atomic E-state index is 11.3. The fraction of sp³-hybridized carbons (Fsp3) is 0.778. The molecule has 3 unspecified atom stereocenters. The molecule has 0 aromatic heterocycles. The Morgan fingerprint density at radius 2 is 2.31 bits per heavy atom. The van der Waals surface area contributed by atoms with Crippen LogP contribution in [-0.2, 0) is 14.3 Å². The quantitative estimate of drug-likeness (QED) is 0.623. The summed E-state index contributed by atoms with van der Waals surface area (Å²) in [7, 11) is 0. The first-order chi connectivity index (χ1) is 6.09. The van der Waals surface area contributed by atoms with E-state index < -0.39 is 0 Å². The molecule has 0 spiro atoms. The highest BCUT2D eigenvalue weighted by molar-refractivity contribution is 5.86. The van der Waals surface area contributed by atoms with Crippen molar-refractivity contribution < 1.29 is 14.3 Å². The van der Waals surface area contributed by atoms with E-state index in [4.69, 9.17) is 0 Å². The summed E-state index contributed by atoms with van der Waals surface area (Å²) in [5, 5.41) is 2.82. The largest absolute Gasteiger partial charge is 0.466 e. The highest BCUT2D eigenvalue weighted by atomic mass is 16.5. The van der Waals surface area contributed by atoms with Gasteiger partial charge in [-0.15, -0.1) is 0 Å². The molecule has 2 aliphatic rings. The number of fused-ring (bicyclic) bond motifs is 1. The van der Waals surface area contributed by atoms with Crippen molar-refractivity contribution in [3.05, 3.63) is 0 Å². The Hall–Kier alpha value is -1.06. The van der Waals surface area contributed by atoms with Crippen LogP contribution >= 0.6 is 0 Å². The van der Waals surface area contributed by atoms with Crippen LogP contribution in [0.3, 0.4) is 0 Å². The molecule has 1 amide bonds. The van der Waals surface area contributed by atoms with Crippen LogP contribution in [0.15, 0.2) is 0 Å². The van der Waals surface area contributed by atoms with Crippen molar-refractivity contribution in [2.24, 2.45) is 17.3 Å². The number of piperidine rings is 1. The Bertz CT molecular complexity index is 262. The van der Waals surface area contributed by atoms with Crippen LogP contribution < -0.4 is 5.32 Å². The molecule has 3 atom stereocenters. The van der Waals surface area contributed by atoms with Crippen LogP contribution in [0, 0.1) is 17.3 Å². The van der Waals surface area contributed by atoms with Crippen molar-refractivity contribution >= 4 is 12.4 Å². The van der Waals surface area contributed by atoms with Crippen LogP contribution in [0.25, 0.3) is 0 Å². The molecule has 1 heterocycles. The molecule has 72 valence electrons. The van der Waals surface area contributed by atoms with Gasteiger partial charge >= 0.3 is 0 Å². The van der Waals surface area contributed by atoms with E-state index in [9.17, 15) is 9.59 Å². The summed E-state index contributed by atoms with van der Waals surface area (Å²) < 4.78 is 4.66. The van der Waals surface area contributed by atoms with Crippen LogP contribution in [0.2, 0.25) is 0 Å². The van der Waals surface area contributed by atoms with Crippen molar-refractivity contribution in [3.63, 3.8) is 0 Å². The molecule has 0 bridgehead atoms. The second kappa shape index (κ2) is 2.47. The molecule has 1 aliphatic carbocycles. The zero-order valence-corrected chi connectivity index (χ0v) is 7.74. The van der Waals surface area contributed by atoms with Crippen molar-refractivity contribution in [1.29, 1.82) is 0 Å². The summed E-state index contributed by atoms with van der Waals surface area (Å²) in [5.41, 5.74) is 0.0965. The maximum Gasteiger partial charge on any atom is 0.293 e. The lowest BCUT2D eigenvalue weighted by Crippen LogP contribution is -2.37. The molecule has 0 radical (unpaired) electrons. The van der Waals surface area contributed by atoms with E-state index in [0.29, 0.717) is 19.0 Å². The van der Waals surface area contributed by atoms with Gasteiger partial charge in [0.2, 0.25) is 5.91 Å². The fourth-order valence-electron chi connectivity index (χ4n) is 2.58. The summed E-state index contributed by atoms with van der Waals surface area (Å²) in [6.07, 6.45) is 0. The third-order valence-electron chi connectivity index (χ3n) is 3.30. The van der Waals surface area contributed by atoms with Gasteiger partial charge in [-0.1, -0.05) is 13.8 Å². The smallest absolute Gasteiger partial charge is 0.293 e. The summed E-state index contributed by atoms with van der Waals surface area (Å²) in [6, 6.07) is 0.0256. The molecule has 4 nitrogen and oxygen atoms in total. The Labute approximate surface area is 76.6 Å². The van der Waals surface area contributed by atoms with Crippen molar-refractivity contribution in [2.75, 3.05) is 6.61 Å². The number of ether oxygens (including phenoxy) is 1. The lowest BCUT2D eigenvalue weighted by atomic mass is 10.0. The van der Waals surface area contributed by atoms with Gasteiger partial charge in [0.15, 0.2) is 0 Å². The normalized spacial score (nSPS) is 39.2. The van der Waals surface area contributed by atoms with Gasteiger partial charge in [-0.25, -0.2) is 0 Å². The van der Waals surface area contributed by atoms with Crippen LogP contribution in [0.5, 0.6) is 0 Å². The molecule has 1 saturated carbocycles. The molecule has 1 saturated heterocycles.